The van der Waals surface area contributed by atoms with Crippen LogP contribution in [0.15, 0.2) is 223 Å². The van der Waals surface area contributed by atoms with Gasteiger partial charge in [-0.05, 0) is 101 Å². The zero-order valence-electron chi connectivity index (χ0n) is 32.5. The number of hydrogen-bond acceptors (Lipinski definition) is 4. The summed E-state index contributed by atoms with van der Waals surface area (Å²) in [5, 5.41) is 9.82. The van der Waals surface area contributed by atoms with Crippen molar-refractivity contribution in [2.45, 2.75) is 0 Å². The van der Waals surface area contributed by atoms with Crippen molar-refractivity contribution in [2.24, 2.45) is 0 Å². The maximum Gasteiger partial charge on any atom is 0.135 e. The van der Waals surface area contributed by atoms with Gasteiger partial charge in [-0.1, -0.05) is 140 Å². The standard InChI is InChI=1S/C56H36N2OS/c1-4-16-37(17-5-1)43-22-12-14-26-51(43)58(39-20-8-3-9-21-39)42-29-32-48-54(36-42)60-56-47-31-28-40(34-49(47)44-23-10-11-25-46(44)55(48)56)57(38-18-6-2-7-19-38)41-30-33-53-50(35-41)45-24-13-15-27-52(45)59-53/h1-36H. The summed E-state index contributed by atoms with van der Waals surface area (Å²) in [6.07, 6.45) is 0. The predicted octanol–water partition coefficient (Wildman–Crippen LogP) is 16.9. The fourth-order valence-electron chi connectivity index (χ4n) is 9.12. The third kappa shape index (κ3) is 5.57. The average Bonchev–Trinajstić information content (AvgIpc) is 3.89. The highest BCUT2D eigenvalue weighted by Gasteiger charge is 2.21. The molecule has 60 heavy (non-hydrogen) atoms. The van der Waals surface area contributed by atoms with E-state index in [0.29, 0.717) is 0 Å². The van der Waals surface area contributed by atoms with Gasteiger partial charge in [-0.3, -0.25) is 0 Å². The summed E-state index contributed by atoms with van der Waals surface area (Å²) in [4.78, 5) is 4.76. The smallest absolute Gasteiger partial charge is 0.135 e. The monoisotopic (exact) mass is 784 g/mol. The Morgan fingerprint density at radius 3 is 1.65 bits per heavy atom. The van der Waals surface area contributed by atoms with E-state index in [2.05, 4.69) is 216 Å². The largest absolute Gasteiger partial charge is 0.456 e. The number of hydrogen-bond donors (Lipinski definition) is 0. The fraction of sp³-hybridized carbons (Fsp3) is 0. The van der Waals surface area contributed by atoms with Crippen molar-refractivity contribution >= 4 is 109 Å². The molecule has 0 saturated carbocycles. The molecule has 0 amide bonds. The number of thiophene rings is 1. The quantitative estimate of drug-likeness (QED) is 0.150. The Morgan fingerprint density at radius 1 is 0.333 bits per heavy atom. The van der Waals surface area contributed by atoms with Gasteiger partial charge in [0.2, 0.25) is 0 Å². The molecule has 0 spiro atoms. The van der Waals surface area contributed by atoms with Crippen LogP contribution in [0.25, 0.3) is 74.8 Å². The van der Waals surface area contributed by atoms with Gasteiger partial charge in [0.1, 0.15) is 11.2 Å². The van der Waals surface area contributed by atoms with Gasteiger partial charge < -0.3 is 14.2 Å². The van der Waals surface area contributed by atoms with Crippen LogP contribution in [0.4, 0.5) is 34.1 Å². The number of fused-ring (bicyclic) bond motifs is 11. The SMILES string of the molecule is c1ccc(-c2ccccc2N(c2ccccc2)c2ccc3c(c2)sc2c4ccc(N(c5ccccc5)c5ccc6oc7ccccc7c6c5)cc4c4ccccc4c32)cc1. The van der Waals surface area contributed by atoms with Crippen LogP contribution in [0, 0.1) is 0 Å². The molecule has 0 aliphatic rings. The van der Waals surface area contributed by atoms with Crippen LogP contribution in [-0.4, -0.2) is 0 Å². The molecule has 2 aromatic heterocycles. The molecule has 0 unspecified atom stereocenters. The molecule has 12 rings (SSSR count). The highest BCUT2D eigenvalue weighted by atomic mass is 32.1. The van der Waals surface area contributed by atoms with E-state index < -0.39 is 0 Å². The van der Waals surface area contributed by atoms with Gasteiger partial charge >= 0.3 is 0 Å². The van der Waals surface area contributed by atoms with Crippen LogP contribution < -0.4 is 9.80 Å². The molecule has 10 aromatic carbocycles. The van der Waals surface area contributed by atoms with Crippen LogP contribution in [0.3, 0.4) is 0 Å². The molecule has 0 atom stereocenters. The van der Waals surface area contributed by atoms with Gasteiger partial charge in [0.05, 0.1) is 5.69 Å². The Bertz CT molecular complexity index is 3560. The highest BCUT2D eigenvalue weighted by molar-refractivity contribution is 7.27. The van der Waals surface area contributed by atoms with E-state index in [-0.39, 0.29) is 0 Å². The van der Waals surface area contributed by atoms with E-state index >= 15 is 0 Å². The molecule has 0 aliphatic heterocycles. The molecule has 0 fully saturated rings. The minimum Gasteiger partial charge on any atom is -0.456 e. The molecule has 4 heteroatoms. The number of rotatable bonds is 7. The zero-order chi connectivity index (χ0) is 39.6. The number of benzene rings is 10. The number of para-hydroxylation sites is 4. The second kappa shape index (κ2) is 14.0. The van der Waals surface area contributed by atoms with Crippen LogP contribution in [0.1, 0.15) is 0 Å². The minimum atomic E-state index is 0.889. The van der Waals surface area contributed by atoms with E-state index in [9.17, 15) is 0 Å². The number of furan rings is 1. The molecule has 12 aromatic rings. The lowest BCUT2D eigenvalue weighted by molar-refractivity contribution is 0.669. The summed E-state index contributed by atoms with van der Waals surface area (Å²) in [5.41, 5.74) is 10.8. The van der Waals surface area contributed by atoms with Crippen molar-refractivity contribution in [2.75, 3.05) is 9.80 Å². The molecule has 0 radical (unpaired) electrons. The first-order valence-electron chi connectivity index (χ1n) is 20.3. The summed E-state index contributed by atoms with van der Waals surface area (Å²) >= 11 is 1.89. The van der Waals surface area contributed by atoms with Gasteiger partial charge in [0.15, 0.2) is 0 Å². The van der Waals surface area contributed by atoms with Crippen molar-refractivity contribution in [1.29, 1.82) is 0 Å². The highest BCUT2D eigenvalue weighted by Crippen LogP contribution is 2.49. The Balaban J connectivity index is 1.05. The van der Waals surface area contributed by atoms with Crippen LogP contribution in [0.2, 0.25) is 0 Å². The third-order valence-corrected chi connectivity index (χ3v) is 13.0. The van der Waals surface area contributed by atoms with E-state index in [4.69, 9.17) is 4.42 Å². The van der Waals surface area contributed by atoms with Gasteiger partial charge in [0.25, 0.3) is 0 Å². The molecular formula is C56H36N2OS. The van der Waals surface area contributed by atoms with Crippen molar-refractivity contribution in [3.05, 3.63) is 218 Å². The Morgan fingerprint density at radius 2 is 0.883 bits per heavy atom. The first-order valence-corrected chi connectivity index (χ1v) is 21.2. The van der Waals surface area contributed by atoms with E-state index in [1.807, 2.05) is 23.5 Å². The number of nitrogens with zero attached hydrogens (tertiary/aromatic N) is 2. The lowest BCUT2D eigenvalue weighted by atomic mass is 9.96. The average molecular weight is 785 g/mol. The maximum atomic E-state index is 6.24. The first kappa shape index (κ1) is 34.4. The maximum absolute atomic E-state index is 6.24. The van der Waals surface area contributed by atoms with Crippen molar-refractivity contribution < 1.29 is 4.42 Å². The molecule has 0 aliphatic carbocycles. The lowest BCUT2D eigenvalue weighted by Crippen LogP contribution is -2.10. The molecule has 282 valence electrons. The first-order chi connectivity index (χ1) is 29.8. The minimum absolute atomic E-state index is 0.889. The fourth-order valence-corrected chi connectivity index (χ4v) is 10.4. The zero-order valence-corrected chi connectivity index (χ0v) is 33.3. The third-order valence-electron chi connectivity index (χ3n) is 11.8. The summed E-state index contributed by atoms with van der Waals surface area (Å²) in [5.74, 6) is 0. The topological polar surface area (TPSA) is 19.6 Å². The molecule has 0 bridgehead atoms. The Hall–Kier alpha value is -7.66. The van der Waals surface area contributed by atoms with Gasteiger partial charge in [0, 0.05) is 70.3 Å². The van der Waals surface area contributed by atoms with Crippen LogP contribution in [0.5, 0.6) is 0 Å². The molecule has 2 heterocycles. The van der Waals surface area contributed by atoms with E-state index in [0.717, 1.165) is 56.1 Å². The summed E-state index contributed by atoms with van der Waals surface area (Å²) in [7, 11) is 0. The van der Waals surface area contributed by atoms with Crippen molar-refractivity contribution in [3.63, 3.8) is 0 Å². The van der Waals surface area contributed by atoms with Crippen LogP contribution in [-0.2, 0) is 0 Å². The molecular weight excluding hydrogens is 749 g/mol. The molecule has 3 nitrogen and oxygen atoms in total. The second-order valence-electron chi connectivity index (χ2n) is 15.3. The lowest BCUT2D eigenvalue weighted by Gasteiger charge is -2.28. The molecule has 0 saturated heterocycles. The summed E-state index contributed by atoms with van der Waals surface area (Å²) in [6, 6.07) is 78.6. The van der Waals surface area contributed by atoms with E-state index in [1.54, 1.807) is 0 Å². The van der Waals surface area contributed by atoms with Gasteiger partial charge in [-0.2, -0.15) is 0 Å². The second-order valence-corrected chi connectivity index (χ2v) is 16.3. The van der Waals surface area contributed by atoms with Crippen molar-refractivity contribution in [3.8, 4) is 11.1 Å². The molecule has 0 N–H and O–H groups in total. The normalized spacial score (nSPS) is 11.7. The van der Waals surface area contributed by atoms with Crippen molar-refractivity contribution in [1.82, 2.24) is 0 Å². The van der Waals surface area contributed by atoms with Crippen LogP contribution >= 0.6 is 11.3 Å². The van der Waals surface area contributed by atoms with Gasteiger partial charge in [-0.15, -0.1) is 11.3 Å². The Labute approximate surface area is 351 Å². The summed E-state index contributed by atoms with van der Waals surface area (Å²) < 4.78 is 8.80. The predicted molar refractivity (Wildman–Crippen MR) is 256 cm³/mol. The van der Waals surface area contributed by atoms with E-state index in [1.165, 1.54) is 52.8 Å². The summed E-state index contributed by atoms with van der Waals surface area (Å²) in [6.45, 7) is 0. The Kier molecular flexibility index (Phi) is 8.03. The number of anilines is 6. The van der Waals surface area contributed by atoms with Gasteiger partial charge in [-0.25, -0.2) is 0 Å².